The molecule has 112 valence electrons. The lowest BCUT2D eigenvalue weighted by Crippen LogP contribution is -2.27. The summed E-state index contributed by atoms with van der Waals surface area (Å²) in [6, 6.07) is 7.34. The average molecular weight is 330 g/mol. The molecule has 0 aliphatic carbocycles. The summed E-state index contributed by atoms with van der Waals surface area (Å²) in [6.07, 6.45) is 1.55. The maximum Gasteiger partial charge on any atom is 0.246 e. The molecule has 0 amide bonds. The number of nitrogens with zero attached hydrogens (tertiary/aromatic N) is 2. The van der Waals surface area contributed by atoms with Gasteiger partial charge in [-0.3, -0.25) is 4.98 Å². The molecule has 1 heterocycles. The number of nitrogen functional groups attached to an aromatic ring is 1. The van der Waals surface area contributed by atoms with Gasteiger partial charge in [-0.05, 0) is 24.3 Å². The first-order chi connectivity index (χ1) is 9.82. The van der Waals surface area contributed by atoms with Gasteiger partial charge in [0.15, 0.2) is 5.82 Å². The highest BCUT2D eigenvalue weighted by molar-refractivity contribution is 7.89. The van der Waals surface area contributed by atoms with Crippen molar-refractivity contribution in [3.05, 3.63) is 53.1 Å². The van der Waals surface area contributed by atoms with Crippen LogP contribution in [0.25, 0.3) is 0 Å². The lowest BCUT2D eigenvalue weighted by Gasteiger charge is -2.17. The van der Waals surface area contributed by atoms with Crippen LogP contribution in [0, 0.1) is 5.82 Å². The van der Waals surface area contributed by atoms with E-state index in [1.165, 1.54) is 7.05 Å². The molecule has 1 aromatic heterocycles. The van der Waals surface area contributed by atoms with Gasteiger partial charge in [0.1, 0.15) is 4.90 Å². The smallest absolute Gasteiger partial charge is 0.246 e. The highest BCUT2D eigenvalue weighted by Crippen LogP contribution is 2.27. The Morgan fingerprint density at radius 3 is 2.71 bits per heavy atom. The van der Waals surface area contributed by atoms with Crippen LogP contribution in [0.1, 0.15) is 5.69 Å². The molecule has 0 saturated heterocycles. The number of hydrogen-bond acceptors (Lipinski definition) is 4. The zero-order valence-electron chi connectivity index (χ0n) is 11.1. The van der Waals surface area contributed by atoms with Crippen molar-refractivity contribution in [1.82, 2.24) is 9.29 Å². The number of anilines is 1. The van der Waals surface area contributed by atoms with E-state index in [4.69, 9.17) is 17.3 Å². The van der Waals surface area contributed by atoms with Gasteiger partial charge < -0.3 is 5.73 Å². The molecule has 0 atom stereocenters. The van der Waals surface area contributed by atoms with Gasteiger partial charge in [-0.25, -0.2) is 12.8 Å². The van der Waals surface area contributed by atoms with E-state index >= 15 is 0 Å². The zero-order valence-corrected chi connectivity index (χ0v) is 12.7. The Hall–Kier alpha value is -1.70. The summed E-state index contributed by atoms with van der Waals surface area (Å²) in [7, 11) is -2.73. The summed E-state index contributed by atoms with van der Waals surface area (Å²) in [5.41, 5.74) is 6.15. The summed E-state index contributed by atoms with van der Waals surface area (Å²) in [6.45, 7) is 0.00896. The second kappa shape index (κ2) is 5.97. The number of benzene rings is 1. The summed E-state index contributed by atoms with van der Waals surface area (Å²) < 4.78 is 39.8. The fraction of sp³-hybridized carbons (Fsp3) is 0.154. The van der Waals surface area contributed by atoms with Crippen molar-refractivity contribution >= 4 is 27.3 Å². The van der Waals surface area contributed by atoms with Gasteiger partial charge in [-0.2, -0.15) is 4.31 Å². The highest BCUT2D eigenvalue weighted by atomic mass is 35.5. The molecule has 0 aliphatic rings. The Bertz CT molecular complexity index is 754. The van der Waals surface area contributed by atoms with E-state index in [1.807, 2.05) is 0 Å². The van der Waals surface area contributed by atoms with Crippen LogP contribution in [0.3, 0.4) is 0 Å². The monoisotopic (exact) mass is 329 g/mol. The van der Waals surface area contributed by atoms with Gasteiger partial charge in [-0.15, -0.1) is 0 Å². The lowest BCUT2D eigenvalue weighted by molar-refractivity contribution is 0.456. The predicted molar refractivity (Wildman–Crippen MR) is 78.7 cm³/mol. The zero-order chi connectivity index (χ0) is 15.6. The van der Waals surface area contributed by atoms with Crippen LogP contribution in [0.2, 0.25) is 5.02 Å². The molecule has 1 aromatic carbocycles. The Kier molecular flexibility index (Phi) is 4.46. The number of halogens is 2. The molecule has 2 N–H and O–H groups in total. The van der Waals surface area contributed by atoms with E-state index in [0.29, 0.717) is 5.69 Å². The maximum absolute atomic E-state index is 14.0. The van der Waals surface area contributed by atoms with Crippen molar-refractivity contribution in [2.24, 2.45) is 0 Å². The summed E-state index contributed by atoms with van der Waals surface area (Å²) in [4.78, 5) is 3.48. The molecule has 0 unspecified atom stereocenters. The first-order valence-electron chi connectivity index (χ1n) is 5.93. The molecule has 0 spiro atoms. The molecule has 0 aliphatic heterocycles. The molecule has 8 heteroatoms. The molecule has 0 saturated carbocycles. The number of pyridine rings is 1. The number of hydrogen-bond donors (Lipinski definition) is 1. The molecule has 21 heavy (non-hydrogen) atoms. The van der Waals surface area contributed by atoms with Gasteiger partial charge >= 0.3 is 0 Å². The van der Waals surface area contributed by atoms with E-state index in [0.717, 1.165) is 16.4 Å². The third-order valence-electron chi connectivity index (χ3n) is 2.82. The van der Waals surface area contributed by atoms with Crippen molar-refractivity contribution in [2.75, 3.05) is 12.8 Å². The molecule has 0 fully saturated rings. The molecule has 5 nitrogen and oxygen atoms in total. The standard InChI is InChI=1S/C13H13ClFN3O2S/c1-18(8-10-4-2-3-5-17-10)21(19,20)12-7-9(16)6-11(14)13(12)15/h2-7H,8,16H2,1H3. The highest BCUT2D eigenvalue weighted by Gasteiger charge is 2.26. The molecular weight excluding hydrogens is 317 g/mol. The van der Waals surface area contributed by atoms with Crippen LogP contribution in [-0.4, -0.2) is 24.8 Å². The first kappa shape index (κ1) is 15.7. The van der Waals surface area contributed by atoms with Crippen molar-refractivity contribution < 1.29 is 12.8 Å². The number of aromatic nitrogens is 1. The van der Waals surface area contributed by atoms with Crippen LogP contribution in [0.4, 0.5) is 10.1 Å². The lowest BCUT2D eigenvalue weighted by atomic mass is 10.3. The van der Waals surface area contributed by atoms with E-state index in [9.17, 15) is 12.8 Å². The van der Waals surface area contributed by atoms with Crippen LogP contribution in [0.15, 0.2) is 41.4 Å². The minimum Gasteiger partial charge on any atom is -0.399 e. The van der Waals surface area contributed by atoms with E-state index in [2.05, 4.69) is 4.98 Å². The van der Waals surface area contributed by atoms with Crippen molar-refractivity contribution in [3.63, 3.8) is 0 Å². The van der Waals surface area contributed by atoms with Crippen molar-refractivity contribution in [2.45, 2.75) is 11.4 Å². The number of rotatable bonds is 4. The fourth-order valence-corrected chi connectivity index (χ4v) is 3.29. The molecule has 2 rings (SSSR count). The summed E-state index contributed by atoms with van der Waals surface area (Å²) in [5.74, 6) is -1.02. The predicted octanol–water partition coefficient (Wildman–Crippen LogP) is 2.28. The van der Waals surface area contributed by atoms with Gasteiger partial charge in [0.25, 0.3) is 0 Å². The molecule has 0 bridgehead atoms. The summed E-state index contributed by atoms with van der Waals surface area (Å²) in [5, 5.41) is -0.334. The normalized spacial score (nSPS) is 11.8. The average Bonchev–Trinajstić information content (AvgIpc) is 2.43. The second-order valence-corrected chi connectivity index (χ2v) is 6.82. The molecular formula is C13H13ClFN3O2S. The Morgan fingerprint density at radius 1 is 1.38 bits per heavy atom. The number of nitrogens with two attached hydrogens (primary N) is 1. The number of sulfonamides is 1. The minimum atomic E-state index is -4.06. The van der Waals surface area contributed by atoms with E-state index in [-0.39, 0.29) is 17.3 Å². The SMILES string of the molecule is CN(Cc1ccccn1)S(=O)(=O)c1cc(N)cc(Cl)c1F. The van der Waals surface area contributed by atoms with Gasteiger partial charge in [0, 0.05) is 18.9 Å². The van der Waals surface area contributed by atoms with Gasteiger partial charge in [0.2, 0.25) is 10.0 Å². The summed E-state index contributed by atoms with van der Waals surface area (Å²) >= 11 is 5.64. The Morgan fingerprint density at radius 2 is 2.10 bits per heavy atom. The first-order valence-corrected chi connectivity index (χ1v) is 7.75. The van der Waals surface area contributed by atoms with E-state index in [1.54, 1.807) is 24.4 Å². The van der Waals surface area contributed by atoms with Crippen LogP contribution in [-0.2, 0) is 16.6 Å². The third kappa shape index (κ3) is 3.31. The van der Waals surface area contributed by atoms with Crippen LogP contribution >= 0.6 is 11.6 Å². The van der Waals surface area contributed by atoms with Crippen molar-refractivity contribution in [3.8, 4) is 0 Å². The quantitative estimate of drug-likeness (QED) is 0.873. The molecule has 2 aromatic rings. The minimum absolute atomic E-state index is 0.00896. The maximum atomic E-state index is 14.0. The van der Waals surface area contributed by atoms with Crippen molar-refractivity contribution in [1.29, 1.82) is 0 Å². The van der Waals surface area contributed by atoms with Crippen LogP contribution < -0.4 is 5.73 Å². The van der Waals surface area contributed by atoms with E-state index < -0.39 is 20.7 Å². The van der Waals surface area contributed by atoms with Crippen LogP contribution in [0.5, 0.6) is 0 Å². The largest absolute Gasteiger partial charge is 0.399 e. The topological polar surface area (TPSA) is 76.3 Å². The Labute approximate surface area is 127 Å². The second-order valence-electron chi connectivity index (χ2n) is 4.40. The Balaban J connectivity index is 2.38. The third-order valence-corrected chi connectivity index (χ3v) is 4.89. The van der Waals surface area contributed by atoms with Gasteiger partial charge in [0.05, 0.1) is 17.3 Å². The van der Waals surface area contributed by atoms with Gasteiger partial charge in [-0.1, -0.05) is 17.7 Å². The fourth-order valence-electron chi connectivity index (χ4n) is 1.74. The molecule has 0 radical (unpaired) electrons.